The van der Waals surface area contributed by atoms with E-state index in [1.807, 2.05) is 6.07 Å². The van der Waals surface area contributed by atoms with E-state index in [0.29, 0.717) is 5.75 Å². The van der Waals surface area contributed by atoms with Gasteiger partial charge in [-0.05, 0) is 12.5 Å². The molecule has 0 bridgehead atoms. The molecule has 1 aromatic carbocycles. The average molecular weight is 274 g/mol. The number of unbranched alkanes of at least 4 members (excludes halogenated alkanes) is 2. The Hall–Kier alpha value is -1.97. The van der Waals surface area contributed by atoms with E-state index >= 15 is 0 Å². The first-order valence-corrected chi connectivity index (χ1v) is 7.13. The number of fused-ring (bicyclic) bond motifs is 2. The van der Waals surface area contributed by atoms with Gasteiger partial charge in [0.25, 0.3) is 0 Å². The van der Waals surface area contributed by atoms with Gasteiger partial charge >= 0.3 is 0 Å². The number of benzene rings is 1. The Balaban J connectivity index is 2.02. The second kappa shape index (κ2) is 5.57. The van der Waals surface area contributed by atoms with Crippen LogP contribution in [0.25, 0.3) is 10.8 Å². The SMILES string of the molecule is CCCCC[n+]1ccc2cc3c(c(OC)c2c1)OCO3. The molecule has 0 N–H and O–H groups in total. The minimum absolute atomic E-state index is 0.262. The summed E-state index contributed by atoms with van der Waals surface area (Å²) in [4.78, 5) is 0. The Morgan fingerprint density at radius 1 is 1.30 bits per heavy atom. The van der Waals surface area contributed by atoms with Gasteiger partial charge in [-0.1, -0.05) is 13.3 Å². The first-order valence-electron chi connectivity index (χ1n) is 7.13. The highest BCUT2D eigenvalue weighted by Gasteiger charge is 2.23. The smallest absolute Gasteiger partial charge is 0.231 e. The third-order valence-electron chi connectivity index (χ3n) is 3.65. The number of pyridine rings is 1. The second-order valence-corrected chi connectivity index (χ2v) is 5.04. The van der Waals surface area contributed by atoms with Crippen LogP contribution < -0.4 is 18.8 Å². The van der Waals surface area contributed by atoms with Crippen LogP contribution in [-0.2, 0) is 6.54 Å². The molecule has 0 radical (unpaired) electrons. The number of methoxy groups -OCH3 is 1. The summed E-state index contributed by atoms with van der Waals surface area (Å²) in [5.41, 5.74) is 0. The molecule has 20 heavy (non-hydrogen) atoms. The first-order chi connectivity index (χ1) is 9.83. The molecule has 0 unspecified atom stereocenters. The highest BCUT2D eigenvalue weighted by atomic mass is 16.7. The molecule has 0 fully saturated rings. The first kappa shape index (κ1) is 13.0. The maximum atomic E-state index is 5.53. The lowest BCUT2D eigenvalue weighted by molar-refractivity contribution is -0.696. The quantitative estimate of drug-likeness (QED) is 0.620. The monoisotopic (exact) mass is 274 g/mol. The van der Waals surface area contributed by atoms with Gasteiger partial charge in [-0.3, -0.25) is 0 Å². The van der Waals surface area contributed by atoms with E-state index in [2.05, 4.69) is 30.0 Å². The molecule has 0 aliphatic carbocycles. The Morgan fingerprint density at radius 2 is 2.20 bits per heavy atom. The van der Waals surface area contributed by atoms with Gasteiger partial charge in [0.05, 0.1) is 12.5 Å². The van der Waals surface area contributed by atoms with E-state index in [0.717, 1.165) is 28.8 Å². The number of ether oxygens (including phenoxy) is 3. The summed E-state index contributed by atoms with van der Waals surface area (Å²) >= 11 is 0. The van der Waals surface area contributed by atoms with E-state index in [1.165, 1.54) is 19.3 Å². The number of aromatic nitrogens is 1. The maximum Gasteiger partial charge on any atom is 0.231 e. The number of nitrogens with zero attached hydrogens (tertiary/aromatic N) is 1. The molecule has 0 amide bonds. The predicted octanol–water partition coefficient (Wildman–Crippen LogP) is 3.05. The van der Waals surface area contributed by atoms with Crippen LogP contribution in [-0.4, -0.2) is 13.9 Å². The number of hydrogen-bond donors (Lipinski definition) is 0. The van der Waals surface area contributed by atoms with Gasteiger partial charge in [-0.25, -0.2) is 4.57 Å². The Kier molecular flexibility index (Phi) is 3.63. The van der Waals surface area contributed by atoms with Crippen molar-refractivity contribution in [2.45, 2.75) is 32.7 Å². The molecular weight excluding hydrogens is 254 g/mol. The minimum atomic E-state index is 0.262. The van der Waals surface area contributed by atoms with E-state index in [-0.39, 0.29) is 6.79 Å². The van der Waals surface area contributed by atoms with Crippen molar-refractivity contribution in [3.05, 3.63) is 24.5 Å². The fourth-order valence-corrected chi connectivity index (χ4v) is 2.59. The van der Waals surface area contributed by atoms with E-state index < -0.39 is 0 Å². The highest BCUT2D eigenvalue weighted by Crippen LogP contribution is 2.45. The molecule has 0 atom stereocenters. The van der Waals surface area contributed by atoms with Crippen LogP contribution in [0.15, 0.2) is 24.5 Å². The van der Waals surface area contributed by atoms with E-state index in [1.54, 1.807) is 7.11 Å². The van der Waals surface area contributed by atoms with Gasteiger partial charge in [0.15, 0.2) is 23.9 Å². The van der Waals surface area contributed by atoms with Crippen molar-refractivity contribution in [3.8, 4) is 17.2 Å². The lowest BCUT2D eigenvalue weighted by Gasteiger charge is -2.08. The maximum absolute atomic E-state index is 5.53. The molecule has 2 aromatic rings. The second-order valence-electron chi connectivity index (χ2n) is 5.04. The standard InChI is InChI=1S/C16H20NO3/c1-3-4-5-7-17-8-6-12-9-14-16(20-11-19-14)15(18-2)13(12)10-17/h6,8-10H,3-5,7,11H2,1-2H3/q+1. The Labute approximate surface area is 118 Å². The zero-order chi connectivity index (χ0) is 13.9. The third kappa shape index (κ3) is 2.26. The van der Waals surface area contributed by atoms with E-state index in [9.17, 15) is 0 Å². The summed E-state index contributed by atoms with van der Waals surface area (Å²) in [5, 5.41) is 2.17. The summed E-state index contributed by atoms with van der Waals surface area (Å²) in [7, 11) is 1.67. The van der Waals surface area contributed by atoms with Crippen molar-refractivity contribution in [3.63, 3.8) is 0 Å². The molecular formula is C16H20NO3+. The number of hydrogen-bond acceptors (Lipinski definition) is 3. The Morgan fingerprint density at radius 3 is 3.00 bits per heavy atom. The number of aryl methyl sites for hydroxylation is 1. The topological polar surface area (TPSA) is 31.6 Å². The molecule has 2 heterocycles. The molecule has 4 heteroatoms. The fourth-order valence-electron chi connectivity index (χ4n) is 2.59. The molecule has 0 saturated heterocycles. The summed E-state index contributed by atoms with van der Waals surface area (Å²) < 4.78 is 18.7. The van der Waals surface area contributed by atoms with Gasteiger partial charge in [0.1, 0.15) is 6.54 Å². The zero-order valence-corrected chi connectivity index (χ0v) is 12.0. The van der Waals surface area contributed by atoms with Gasteiger partial charge < -0.3 is 14.2 Å². The summed E-state index contributed by atoms with van der Waals surface area (Å²) in [6.07, 6.45) is 7.92. The normalized spacial score (nSPS) is 12.9. The van der Waals surface area contributed by atoms with Crippen LogP contribution in [0.2, 0.25) is 0 Å². The van der Waals surface area contributed by atoms with Crippen LogP contribution in [0.1, 0.15) is 26.2 Å². The van der Waals surface area contributed by atoms with Crippen LogP contribution >= 0.6 is 0 Å². The van der Waals surface area contributed by atoms with Crippen LogP contribution in [0.3, 0.4) is 0 Å². The van der Waals surface area contributed by atoms with Crippen LogP contribution in [0.5, 0.6) is 17.2 Å². The molecule has 1 aliphatic heterocycles. The third-order valence-corrected chi connectivity index (χ3v) is 3.65. The van der Waals surface area contributed by atoms with Gasteiger partial charge in [0, 0.05) is 17.9 Å². The van der Waals surface area contributed by atoms with Crippen molar-refractivity contribution in [2.75, 3.05) is 13.9 Å². The minimum Gasteiger partial charge on any atom is -0.492 e. The lowest BCUT2D eigenvalue weighted by atomic mass is 10.1. The van der Waals surface area contributed by atoms with Crippen molar-refractivity contribution >= 4 is 10.8 Å². The molecule has 1 aliphatic rings. The molecule has 0 saturated carbocycles. The van der Waals surface area contributed by atoms with Crippen molar-refractivity contribution in [1.82, 2.24) is 0 Å². The molecule has 1 aromatic heterocycles. The predicted molar refractivity (Wildman–Crippen MR) is 76.3 cm³/mol. The molecule has 4 nitrogen and oxygen atoms in total. The largest absolute Gasteiger partial charge is 0.492 e. The number of rotatable bonds is 5. The summed E-state index contributed by atoms with van der Waals surface area (Å²) in [6, 6.07) is 4.11. The van der Waals surface area contributed by atoms with E-state index in [4.69, 9.17) is 14.2 Å². The molecule has 106 valence electrons. The Bertz CT molecular complexity index is 625. The summed E-state index contributed by atoms with van der Waals surface area (Å²) in [5.74, 6) is 2.24. The summed E-state index contributed by atoms with van der Waals surface area (Å²) in [6.45, 7) is 3.51. The van der Waals surface area contributed by atoms with Crippen LogP contribution in [0.4, 0.5) is 0 Å². The van der Waals surface area contributed by atoms with Crippen molar-refractivity contribution in [1.29, 1.82) is 0 Å². The van der Waals surface area contributed by atoms with Gasteiger partial charge in [-0.15, -0.1) is 0 Å². The van der Waals surface area contributed by atoms with Gasteiger partial charge in [-0.2, -0.15) is 0 Å². The lowest BCUT2D eigenvalue weighted by Crippen LogP contribution is -2.32. The zero-order valence-electron chi connectivity index (χ0n) is 12.0. The fraction of sp³-hybridized carbons (Fsp3) is 0.438. The van der Waals surface area contributed by atoms with Crippen LogP contribution in [0, 0.1) is 0 Å². The van der Waals surface area contributed by atoms with Crippen molar-refractivity contribution in [2.24, 2.45) is 0 Å². The van der Waals surface area contributed by atoms with Gasteiger partial charge in [0.2, 0.25) is 12.5 Å². The molecule has 3 rings (SSSR count). The highest BCUT2D eigenvalue weighted by molar-refractivity contribution is 5.92. The molecule has 0 spiro atoms. The van der Waals surface area contributed by atoms with Crippen molar-refractivity contribution < 1.29 is 18.8 Å². The average Bonchev–Trinajstić information content (AvgIpc) is 2.93.